The van der Waals surface area contributed by atoms with E-state index < -0.39 is 0 Å². The fourth-order valence-electron chi connectivity index (χ4n) is 2.56. The molecule has 0 spiro atoms. The fourth-order valence-corrected chi connectivity index (χ4v) is 3.48. The van der Waals surface area contributed by atoms with Crippen LogP contribution in [-0.4, -0.2) is 15.1 Å². The fraction of sp³-hybridized carbons (Fsp3) is 0.105. The quantitative estimate of drug-likeness (QED) is 0.498. The monoisotopic (exact) mass is 382 g/mol. The van der Waals surface area contributed by atoms with Crippen molar-refractivity contribution in [1.29, 1.82) is 0 Å². The SMILES string of the molecule is Cc1cccc(-c2noc(-c3cccc(NCc4cnc(Cl)s4)c3)n2)c1. The molecule has 0 bridgehead atoms. The van der Waals surface area contributed by atoms with Gasteiger partial charge in [-0.25, -0.2) is 4.98 Å². The van der Waals surface area contributed by atoms with E-state index in [1.54, 1.807) is 6.20 Å². The molecule has 4 aromatic rings. The molecule has 0 aliphatic heterocycles. The molecule has 0 aliphatic carbocycles. The molecule has 0 radical (unpaired) electrons. The standard InChI is InChI=1S/C19H15ClN4OS/c1-12-4-2-5-13(8-12)17-23-18(25-24-17)14-6-3-7-15(9-14)21-10-16-11-22-19(20)26-16/h2-9,11,21H,10H2,1H3. The minimum atomic E-state index is 0.492. The van der Waals surface area contributed by atoms with E-state index in [1.165, 1.54) is 11.3 Å². The Kier molecular flexibility index (Phi) is 4.69. The van der Waals surface area contributed by atoms with E-state index in [0.717, 1.165) is 27.3 Å². The third-order valence-electron chi connectivity index (χ3n) is 3.80. The van der Waals surface area contributed by atoms with Crippen LogP contribution in [0.5, 0.6) is 0 Å². The molecule has 0 saturated heterocycles. The molecule has 1 N–H and O–H groups in total. The number of hydrogen-bond donors (Lipinski definition) is 1. The second-order valence-corrected chi connectivity index (χ2v) is 7.50. The zero-order valence-corrected chi connectivity index (χ0v) is 15.5. The molecule has 130 valence electrons. The molecule has 0 atom stereocenters. The number of anilines is 1. The number of aryl methyl sites for hydroxylation is 1. The first kappa shape index (κ1) is 16.8. The molecular formula is C19H15ClN4OS. The van der Waals surface area contributed by atoms with E-state index in [4.69, 9.17) is 16.1 Å². The normalized spacial score (nSPS) is 10.8. The van der Waals surface area contributed by atoms with Gasteiger partial charge in [0.15, 0.2) is 4.47 Å². The van der Waals surface area contributed by atoms with Crippen LogP contribution in [0.15, 0.2) is 59.3 Å². The molecule has 0 saturated carbocycles. The molecular weight excluding hydrogens is 368 g/mol. The summed E-state index contributed by atoms with van der Waals surface area (Å²) in [6.07, 6.45) is 1.77. The van der Waals surface area contributed by atoms with E-state index in [0.29, 0.717) is 22.7 Å². The molecule has 0 aliphatic rings. The highest BCUT2D eigenvalue weighted by Crippen LogP contribution is 2.25. The minimum Gasteiger partial charge on any atom is -0.380 e. The summed E-state index contributed by atoms with van der Waals surface area (Å²) in [5.74, 6) is 1.08. The van der Waals surface area contributed by atoms with Gasteiger partial charge in [-0.1, -0.05) is 46.6 Å². The molecule has 2 aromatic heterocycles. The van der Waals surface area contributed by atoms with Crippen molar-refractivity contribution in [2.45, 2.75) is 13.5 Å². The highest BCUT2D eigenvalue weighted by Gasteiger charge is 2.11. The van der Waals surface area contributed by atoms with Crippen molar-refractivity contribution in [2.24, 2.45) is 0 Å². The summed E-state index contributed by atoms with van der Waals surface area (Å²) in [6, 6.07) is 15.9. The van der Waals surface area contributed by atoms with Gasteiger partial charge in [-0.3, -0.25) is 0 Å². The van der Waals surface area contributed by atoms with Gasteiger partial charge >= 0.3 is 0 Å². The second-order valence-electron chi connectivity index (χ2n) is 5.81. The average molecular weight is 383 g/mol. The predicted octanol–water partition coefficient (Wildman–Crippen LogP) is 5.43. The summed E-state index contributed by atoms with van der Waals surface area (Å²) in [5, 5.41) is 7.45. The highest BCUT2D eigenvalue weighted by atomic mass is 35.5. The maximum absolute atomic E-state index is 5.86. The van der Waals surface area contributed by atoms with Crippen LogP contribution in [0.4, 0.5) is 5.69 Å². The van der Waals surface area contributed by atoms with Gasteiger partial charge in [0, 0.05) is 27.9 Å². The Morgan fingerprint density at radius 3 is 2.77 bits per heavy atom. The minimum absolute atomic E-state index is 0.492. The zero-order chi connectivity index (χ0) is 17.9. The van der Waals surface area contributed by atoms with Gasteiger partial charge in [-0.15, -0.1) is 11.3 Å². The van der Waals surface area contributed by atoms with Crippen molar-refractivity contribution in [2.75, 3.05) is 5.32 Å². The number of nitrogens with one attached hydrogen (secondary N) is 1. The topological polar surface area (TPSA) is 63.8 Å². The van der Waals surface area contributed by atoms with Gasteiger partial charge in [0.2, 0.25) is 5.82 Å². The van der Waals surface area contributed by atoms with Gasteiger partial charge in [-0.2, -0.15) is 4.98 Å². The Morgan fingerprint density at radius 1 is 1.12 bits per heavy atom. The molecule has 7 heteroatoms. The zero-order valence-electron chi connectivity index (χ0n) is 13.9. The van der Waals surface area contributed by atoms with Crippen molar-refractivity contribution in [3.05, 3.63) is 69.6 Å². The highest BCUT2D eigenvalue weighted by molar-refractivity contribution is 7.15. The first-order valence-electron chi connectivity index (χ1n) is 8.03. The number of thiazole rings is 1. The largest absolute Gasteiger partial charge is 0.380 e. The number of aromatic nitrogens is 3. The summed E-state index contributed by atoms with van der Waals surface area (Å²) < 4.78 is 6.00. The van der Waals surface area contributed by atoms with Crippen molar-refractivity contribution in [3.63, 3.8) is 0 Å². The van der Waals surface area contributed by atoms with Crippen LogP contribution >= 0.6 is 22.9 Å². The van der Waals surface area contributed by atoms with Crippen LogP contribution in [0.3, 0.4) is 0 Å². The lowest BCUT2D eigenvalue weighted by Crippen LogP contribution is -1.97. The Hall–Kier alpha value is -2.70. The number of rotatable bonds is 5. The van der Waals surface area contributed by atoms with Crippen LogP contribution in [0.1, 0.15) is 10.4 Å². The number of hydrogen-bond acceptors (Lipinski definition) is 6. The summed E-state index contributed by atoms with van der Waals surface area (Å²) in [6.45, 7) is 2.70. The van der Waals surface area contributed by atoms with Crippen molar-refractivity contribution in [3.8, 4) is 22.8 Å². The molecule has 5 nitrogen and oxygen atoms in total. The molecule has 0 amide bonds. The van der Waals surface area contributed by atoms with Crippen LogP contribution in [0.2, 0.25) is 4.47 Å². The predicted molar refractivity (Wildman–Crippen MR) is 104 cm³/mol. The second kappa shape index (κ2) is 7.27. The van der Waals surface area contributed by atoms with Gasteiger partial charge in [0.05, 0.1) is 6.54 Å². The lowest BCUT2D eigenvalue weighted by Gasteiger charge is -2.05. The smallest absolute Gasteiger partial charge is 0.258 e. The Balaban J connectivity index is 1.53. The Bertz CT molecular complexity index is 1040. The molecule has 0 fully saturated rings. The van der Waals surface area contributed by atoms with E-state index in [2.05, 4.69) is 20.4 Å². The molecule has 26 heavy (non-hydrogen) atoms. The van der Waals surface area contributed by atoms with Crippen molar-refractivity contribution >= 4 is 28.6 Å². The third kappa shape index (κ3) is 3.76. The maximum atomic E-state index is 5.86. The van der Waals surface area contributed by atoms with Crippen molar-refractivity contribution in [1.82, 2.24) is 15.1 Å². The lowest BCUT2D eigenvalue weighted by molar-refractivity contribution is 0.432. The van der Waals surface area contributed by atoms with E-state index in [9.17, 15) is 0 Å². The third-order valence-corrected chi connectivity index (χ3v) is 4.92. The van der Waals surface area contributed by atoms with Crippen LogP contribution < -0.4 is 5.32 Å². The van der Waals surface area contributed by atoms with Crippen LogP contribution in [0.25, 0.3) is 22.8 Å². The molecule has 2 heterocycles. The first-order chi connectivity index (χ1) is 12.7. The van der Waals surface area contributed by atoms with Gasteiger partial charge in [0.1, 0.15) is 0 Å². The Morgan fingerprint density at radius 2 is 1.96 bits per heavy atom. The van der Waals surface area contributed by atoms with Crippen LogP contribution in [-0.2, 0) is 6.54 Å². The average Bonchev–Trinajstić information content (AvgIpc) is 3.29. The molecule has 4 rings (SSSR count). The summed E-state index contributed by atoms with van der Waals surface area (Å²) in [7, 11) is 0. The van der Waals surface area contributed by atoms with E-state index >= 15 is 0 Å². The number of nitrogens with zero attached hydrogens (tertiary/aromatic N) is 3. The number of halogens is 1. The maximum Gasteiger partial charge on any atom is 0.258 e. The Labute approximate surface area is 159 Å². The first-order valence-corrected chi connectivity index (χ1v) is 9.22. The molecule has 0 unspecified atom stereocenters. The van der Waals surface area contributed by atoms with Gasteiger partial charge in [-0.05, 0) is 31.2 Å². The van der Waals surface area contributed by atoms with Gasteiger partial charge in [0.25, 0.3) is 5.89 Å². The number of benzene rings is 2. The van der Waals surface area contributed by atoms with Crippen molar-refractivity contribution < 1.29 is 4.52 Å². The van der Waals surface area contributed by atoms with Gasteiger partial charge < -0.3 is 9.84 Å². The summed E-state index contributed by atoms with van der Waals surface area (Å²) in [4.78, 5) is 9.64. The lowest BCUT2D eigenvalue weighted by atomic mass is 10.1. The summed E-state index contributed by atoms with van der Waals surface area (Å²) >= 11 is 7.32. The van der Waals surface area contributed by atoms with Crippen LogP contribution in [0, 0.1) is 6.92 Å². The van der Waals surface area contributed by atoms with E-state index in [1.807, 2.05) is 55.5 Å². The summed E-state index contributed by atoms with van der Waals surface area (Å²) in [5.41, 5.74) is 3.92. The molecule has 2 aromatic carbocycles. The van der Waals surface area contributed by atoms with E-state index in [-0.39, 0.29) is 0 Å².